The number of fused-ring (bicyclic) bond motifs is 1. The molecule has 2 N–H and O–H groups in total. The molecule has 1 fully saturated rings. The zero-order valence-electron chi connectivity index (χ0n) is 13.7. The van der Waals surface area contributed by atoms with E-state index in [2.05, 4.69) is 10.3 Å². The molecule has 2 heterocycles. The lowest BCUT2D eigenvalue weighted by molar-refractivity contribution is -0.121. The third kappa shape index (κ3) is 2.20. The summed E-state index contributed by atoms with van der Waals surface area (Å²) in [5.74, 6) is 0.526. The highest BCUT2D eigenvalue weighted by atomic mass is 16.3. The standard InChI is InChI=1S/C20H22N2O2/c23-16-9-7-15(8-10-16)20(14-5-3-1-2-4-6-14)17-13-21-12-11-18(17)22-19(20)24/h7-14,23H,1-6H2,(H,22,24). The van der Waals surface area contributed by atoms with Crippen molar-refractivity contribution >= 4 is 11.6 Å². The lowest BCUT2D eigenvalue weighted by Crippen LogP contribution is -2.43. The Labute approximate surface area is 141 Å². The zero-order valence-corrected chi connectivity index (χ0v) is 13.7. The average molecular weight is 322 g/mol. The Morgan fingerprint density at radius 1 is 1.04 bits per heavy atom. The van der Waals surface area contributed by atoms with Gasteiger partial charge in [0.2, 0.25) is 5.91 Å². The van der Waals surface area contributed by atoms with Crippen molar-refractivity contribution in [1.29, 1.82) is 0 Å². The van der Waals surface area contributed by atoms with Gasteiger partial charge in [-0.3, -0.25) is 9.78 Å². The first kappa shape index (κ1) is 15.2. The summed E-state index contributed by atoms with van der Waals surface area (Å²) in [6.45, 7) is 0. The van der Waals surface area contributed by atoms with Crippen LogP contribution in [-0.2, 0) is 10.2 Å². The minimum Gasteiger partial charge on any atom is -0.508 e. The van der Waals surface area contributed by atoms with E-state index in [1.165, 1.54) is 12.8 Å². The van der Waals surface area contributed by atoms with Gasteiger partial charge < -0.3 is 10.4 Å². The minimum atomic E-state index is -0.693. The van der Waals surface area contributed by atoms with E-state index in [4.69, 9.17) is 0 Å². The zero-order chi connectivity index (χ0) is 16.6. The van der Waals surface area contributed by atoms with Gasteiger partial charge in [0.15, 0.2) is 0 Å². The van der Waals surface area contributed by atoms with Crippen molar-refractivity contribution in [3.8, 4) is 5.75 Å². The molecule has 1 aliphatic heterocycles. The molecule has 4 heteroatoms. The number of nitrogens with zero attached hydrogens (tertiary/aromatic N) is 1. The van der Waals surface area contributed by atoms with Crippen molar-refractivity contribution in [2.45, 2.75) is 43.9 Å². The van der Waals surface area contributed by atoms with Crippen LogP contribution in [0.2, 0.25) is 0 Å². The van der Waals surface area contributed by atoms with Gasteiger partial charge >= 0.3 is 0 Å². The summed E-state index contributed by atoms with van der Waals surface area (Å²) >= 11 is 0. The van der Waals surface area contributed by atoms with Crippen LogP contribution in [0.15, 0.2) is 42.7 Å². The molecule has 2 aromatic rings. The summed E-state index contributed by atoms with van der Waals surface area (Å²) in [7, 11) is 0. The minimum absolute atomic E-state index is 0.0445. The second kappa shape index (κ2) is 5.93. The van der Waals surface area contributed by atoms with Gasteiger partial charge in [0, 0.05) is 23.6 Å². The van der Waals surface area contributed by atoms with E-state index in [1.54, 1.807) is 18.3 Å². The van der Waals surface area contributed by atoms with Crippen LogP contribution < -0.4 is 5.32 Å². The summed E-state index contributed by atoms with van der Waals surface area (Å²) < 4.78 is 0. The lowest BCUT2D eigenvalue weighted by atomic mass is 9.64. The molecular weight excluding hydrogens is 300 g/mol. The number of phenolic OH excluding ortho intramolecular Hbond substituents is 1. The number of pyridine rings is 1. The number of carbonyl (C=O) groups excluding carboxylic acids is 1. The highest BCUT2D eigenvalue weighted by Crippen LogP contribution is 2.51. The van der Waals surface area contributed by atoms with Crippen LogP contribution in [0.5, 0.6) is 5.75 Å². The number of amides is 1. The lowest BCUT2D eigenvalue weighted by Gasteiger charge is -2.36. The number of phenols is 1. The van der Waals surface area contributed by atoms with Gasteiger partial charge in [-0.1, -0.05) is 37.8 Å². The van der Waals surface area contributed by atoms with Gasteiger partial charge in [-0.15, -0.1) is 0 Å². The molecule has 0 spiro atoms. The van der Waals surface area contributed by atoms with Gasteiger partial charge in [0.05, 0.1) is 0 Å². The molecular formula is C20H22N2O2. The van der Waals surface area contributed by atoms with Gasteiger partial charge in [-0.25, -0.2) is 0 Å². The predicted molar refractivity (Wildman–Crippen MR) is 92.9 cm³/mol. The molecule has 0 radical (unpaired) electrons. The summed E-state index contributed by atoms with van der Waals surface area (Å²) in [6.07, 6.45) is 10.4. The third-order valence-corrected chi connectivity index (χ3v) is 5.64. The van der Waals surface area contributed by atoms with E-state index in [1.807, 2.05) is 24.4 Å². The number of hydrogen-bond acceptors (Lipinski definition) is 3. The molecule has 0 bridgehead atoms. The molecule has 1 aromatic heterocycles. The van der Waals surface area contributed by atoms with Crippen molar-refractivity contribution in [1.82, 2.24) is 4.98 Å². The summed E-state index contributed by atoms with van der Waals surface area (Å²) in [5, 5.41) is 12.8. The first-order valence-electron chi connectivity index (χ1n) is 8.78. The van der Waals surface area contributed by atoms with Crippen molar-refractivity contribution < 1.29 is 9.90 Å². The van der Waals surface area contributed by atoms with E-state index in [0.717, 1.165) is 42.5 Å². The van der Waals surface area contributed by atoms with E-state index < -0.39 is 5.41 Å². The monoisotopic (exact) mass is 322 g/mol. The molecule has 124 valence electrons. The Morgan fingerprint density at radius 2 is 1.75 bits per heavy atom. The molecule has 1 aromatic carbocycles. The number of nitrogens with one attached hydrogen (secondary N) is 1. The van der Waals surface area contributed by atoms with Gasteiger partial charge in [0.25, 0.3) is 0 Å². The van der Waals surface area contributed by atoms with Crippen molar-refractivity contribution in [3.05, 3.63) is 53.9 Å². The molecule has 4 rings (SSSR count). The second-order valence-corrected chi connectivity index (χ2v) is 6.92. The highest BCUT2D eigenvalue weighted by Gasteiger charge is 2.53. The largest absolute Gasteiger partial charge is 0.508 e. The van der Waals surface area contributed by atoms with Crippen LogP contribution in [0.3, 0.4) is 0 Å². The Bertz CT molecular complexity index is 748. The summed E-state index contributed by atoms with van der Waals surface area (Å²) in [4.78, 5) is 17.6. The van der Waals surface area contributed by atoms with Crippen molar-refractivity contribution in [2.24, 2.45) is 5.92 Å². The quantitative estimate of drug-likeness (QED) is 0.822. The van der Waals surface area contributed by atoms with Crippen LogP contribution in [0.1, 0.15) is 49.7 Å². The SMILES string of the molecule is O=C1Nc2ccncc2C1(c1ccc(O)cc1)C1CCCCCC1. The number of anilines is 1. The predicted octanol–water partition coefficient (Wildman–Crippen LogP) is 4.00. The van der Waals surface area contributed by atoms with Crippen LogP contribution in [0.4, 0.5) is 5.69 Å². The third-order valence-electron chi connectivity index (χ3n) is 5.64. The van der Waals surface area contributed by atoms with Crippen LogP contribution in [-0.4, -0.2) is 16.0 Å². The number of rotatable bonds is 2. The highest BCUT2D eigenvalue weighted by molar-refractivity contribution is 6.08. The molecule has 1 atom stereocenters. The molecule has 0 saturated heterocycles. The molecule has 2 aliphatic rings. The van der Waals surface area contributed by atoms with E-state index >= 15 is 0 Å². The molecule has 1 amide bonds. The maximum absolute atomic E-state index is 13.2. The van der Waals surface area contributed by atoms with Crippen molar-refractivity contribution in [2.75, 3.05) is 5.32 Å². The molecule has 1 unspecified atom stereocenters. The molecule has 1 aliphatic carbocycles. The maximum atomic E-state index is 13.2. The van der Waals surface area contributed by atoms with Crippen LogP contribution in [0.25, 0.3) is 0 Å². The average Bonchev–Trinajstić information content (AvgIpc) is 2.76. The fourth-order valence-electron chi connectivity index (χ4n) is 4.53. The number of carbonyl (C=O) groups is 1. The number of hydrogen-bond donors (Lipinski definition) is 2. The summed E-state index contributed by atoms with van der Waals surface area (Å²) in [5.41, 5.74) is 2.11. The normalized spacial score (nSPS) is 24.2. The smallest absolute Gasteiger partial charge is 0.239 e. The number of aromatic nitrogens is 1. The van der Waals surface area contributed by atoms with E-state index in [9.17, 15) is 9.90 Å². The Kier molecular flexibility index (Phi) is 3.75. The van der Waals surface area contributed by atoms with Gasteiger partial charge in [0.1, 0.15) is 11.2 Å². The molecule has 24 heavy (non-hydrogen) atoms. The molecule has 1 saturated carbocycles. The maximum Gasteiger partial charge on any atom is 0.239 e. The van der Waals surface area contributed by atoms with Gasteiger partial charge in [-0.2, -0.15) is 0 Å². The Balaban J connectivity index is 1.93. The van der Waals surface area contributed by atoms with Gasteiger partial charge in [-0.05, 0) is 42.5 Å². The fourth-order valence-corrected chi connectivity index (χ4v) is 4.53. The summed E-state index contributed by atoms with van der Waals surface area (Å²) in [6, 6.07) is 9.01. The fraction of sp³-hybridized carbons (Fsp3) is 0.400. The first-order chi connectivity index (χ1) is 11.7. The van der Waals surface area contributed by atoms with Crippen LogP contribution >= 0.6 is 0 Å². The van der Waals surface area contributed by atoms with E-state index in [0.29, 0.717) is 0 Å². The molecule has 4 nitrogen and oxygen atoms in total. The van der Waals surface area contributed by atoms with E-state index in [-0.39, 0.29) is 17.6 Å². The topological polar surface area (TPSA) is 62.2 Å². The Hall–Kier alpha value is -2.36. The second-order valence-electron chi connectivity index (χ2n) is 6.92. The van der Waals surface area contributed by atoms with Crippen LogP contribution in [0, 0.1) is 5.92 Å². The van der Waals surface area contributed by atoms with Crippen molar-refractivity contribution in [3.63, 3.8) is 0 Å². The Morgan fingerprint density at radius 3 is 2.46 bits per heavy atom. The number of aromatic hydroxyl groups is 1. The number of benzene rings is 1. The first-order valence-corrected chi connectivity index (χ1v) is 8.78.